The Morgan fingerprint density at radius 1 is 1.11 bits per heavy atom. The normalized spacial score (nSPS) is 13.2. The second kappa shape index (κ2) is 7.00. The van der Waals surface area contributed by atoms with Crippen molar-refractivity contribution < 1.29 is 9.59 Å². The number of rotatable bonds is 3. The van der Waals surface area contributed by atoms with Crippen LogP contribution in [0.15, 0.2) is 35.1 Å². The van der Waals surface area contributed by atoms with Crippen molar-refractivity contribution in [3.8, 4) is 0 Å². The summed E-state index contributed by atoms with van der Waals surface area (Å²) in [5.41, 5.74) is 2.15. The lowest BCUT2D eigenvalue weighted by Gasteiger charge is -2.12. The molecule has 0 bridgehead atoms. The third-order valence-electron chi connectivity index (χ3n) is 4.83. The van der Waals surface area contributed by atoms with Gasteiger partial charge in [-0.2, -0.15) is 0 Å². The number of para-hydroxylation sites is 1. The fourth-order valence-electron chi connectivity index (χ4n) is 3.51. The van der Waals surface area contributed by atoms with Crippen molar-refractivity contribution in [3.63, 3.8) is 0 Å². The Hall–Kier alpha value is -2.93. The van der Waals surface area contributed by atoms with Crippen LogP contribution in [0.3, 0.4) is 0 Å². The largest absolute Gasteiger partial charge is 0.355 e. The van der Waals surface area contributed by atoms with Crippen molar-refractivity contribution in [1.29, 1.82) is 0 Å². The molecule has 0 atom stereocenters. The Morgan fingerprint density at radius 3 is 2.70 bits per heavy atom. The van der Waals surface area contributed by atoms with E-state index in [1.165, 1.54) is 17.4 Å². The van der Waals surface area contributed by atoms with E-state index in [1.807, 2.05) is 0 Å². The van der Waals surface area contributed by atoms with Gasteiger partial charge in [0.25, 0.3) is 11.8 Å². The predicted molar refractivity (Wildman–Crippen MR) is 107 cm³/mol. The zero-order valence-electron chi connectivity index (χ0n) is 14.8. The molecule has 138 valence electrons. The number of aryl methyl sites for hydroxylation is 1. The van der Waals surface area contributed by atoms with E-state index in [0.717, 1.165) is 36.1 Å². The number of aromatic amines is 1. The maximum atomic E-state index is 12.8. The fourth-order valence-corrected chi connectivity index (χ4v) is 4.79. The molecule has 2 aromatic heterocycles. The van der Waals surface area contributed by atoms with E-state index in [4.69, 9.17) is 0 Å². The van der Waals surface area contributed by atoms with Crippen LogP contribution >= 0.6 is 11.3 Å². The van der Waals surface area contributed by atoms with Crippen LogP contribution in [0.2, 0.25) is 0 Å². The van der Waals surface area contributed by atoms with Gasteiger partial charge < -0.3 is 15.6 Å². The summed E-state index contributed by atoms with van der Waals surface area (Å²) in [7, 11) is 1.58. The van der Waals surface area contributed by atoms with Gasteiger partial charge in [0, 0.05) is 28.9 Å². The molecule has 7 heteroatoms. The summed E-state index contributed by atoms with van der Waals surface area (Å²) in [6.45, 7) is 0. The summed E-state index contributed by atoms with van der Waals surface area (Å²) in [6.07, 6.45) is 3.90. The third-order valence-corrected chi connectivity index (χ3v) is 6.04. The Kier molecular flexibility index (Phi) is 4.53. The van der Waals surface area contributed by atoms with E-state index < -0.39 is 5.91 Å². The van der Waals surface area contributed by atoms with E-state index in [2.05, 4.69) is 15.6 Å². The first-order valence-corrected chi connectivity index (χ1v) is 9.70. The molecule has 3 N–H and O–H groups in total. The minimum atomic E-state index is -0.429. The van der Waals surface area contributed by atoms with Crippen molar-refractivity contribution in [2.45, 2.75) is 25.7 Å². The van der Waals surface area contributed by atoms with Gasteiger partial charge in [-0.05, 0) is 43.4 Å². The van der Waals surface area contributed by atoms with Crippen LogP contribution in [-0.4, -0.2) is 23.8 Å². The summed E-state index contributed by atoms with van der Waals surface area (Å²) >= 11 is 1.45. The van der Waals surface area contributed by atoms with Gasteiger partial charge in [0.15, 0.2) is 5.43 Å². The van der Waals surface area contributed by atoms with E-state index in [-0.39, 0.29) is 17.0 Å². The number of anilines is 1. The maximum Gasteiger partial charge on any atom is 0.272 e. The number of amides is 2. The molecule has 0 unspecified atom stereocenters. The number of pyridine rings is 1. The first-order chi connectivity index (χ1) is 13.1. The van der Waals surface area contributed by atoms with Crippen molar-refractivity contribution in [2.24, 2.45) is 0 Å². The van der Waals surface area contributed by atoms with Gasteiger partial charge >= 0.3 is 0 Å². The van der Waals surface area contributed by atoms with Gasteiger partial charge in [-0.1, -0.05) is 12.1 Å². The number of hydrogen-bond acceptors (Lipinski definition) is 4. The lowest BCUT2D eigenvalue weighted by Crippen LogP contribution is -2.23. The number of nitrogens with one attached hydrogen (secondary N) is 3. The second-order valence-electron chi connectivity index (χ2n) is 6.54. The lowest BCUT2D eigenvalue weighted by molar-refractivity contribution is 0.0963. The molecule has 0 radical (unpaired) electrons. The zero-order valence-corrected chi connectivity index (χ0v) is 15.7. The highest BCUT2D eigenvalue weighted by molar-refractivity contribution is 7.17. The van der Waals surface area contributed by atoms with Gasteiger partial charge in [-0.15, -0.1) is 11.3 Å². The molecule has 0 fully saturated rings. The smallest absolute Gasteiger partial charge is 0.272 e. The first kappa shape index (κ1) is 17.5. The molecule has 1 aromatic carbocycles. The first-order valence-electron chi connectivity index (χ1n) is 8.88. The SMILES string of the molecule is CNC(=O)c1c(NC(=O)c2cc(=O)c3ccccc3[nH]2)sc2c1CCCC2. The lowest BCUT2D eigenvalue weighted by atomic mass is 9.95. The molecule has 1 aliphatic rings. The summed E-state index contributed by atoms with van der Waals surface area (Å²) < 4.78 is 0. The molecule has 6 nitrogen and oxygen atoms in total. The summed E-state index contributed by atoms with van der Waals surface area (Å²) in [5, 5.41) is 6.58. The molecule has 0 aliphatic heterocycles. The van der Waals surface area contributed by atoms with Crippen LogP contribution in [0.1, 0.15) is 44.1 Å². The van der Waals surface area contributed by atoms with E-state index in [1.54, 1.807) is 31.3 Å². The number of aromatic nitrogens is 1. The quantitative estimate of drug-likeness (QED) is 0.651. The van der Waals surface area contributed by atoms with Crippen LogP contribution in [0.25, 0.3) is 10.9 Å². The number of benzene rings is 1. The number of carbonyl (C=O) groups is 2. The summed E-state index contributed by atoms with van der Waals surface area (Å²) in [5.74, 6) is -0.627. The molecule has 0 spiro atoms. The van der Waals surface area contributed by atoms with Crippen molar-refractivity contribution in [1.82, 2.24) is 10.3 Å². The Morgan fingerprint density at radius 2 is 1.89 bits per heavy atom. The monoisotopic (exact) mass is 381 g/mol. The maximum absolute atomic E-state index is 12.8. The van der Waals surface area contributed by atoms with Gasteiger partial charge in [-0.3, -0.25) is 14.4 Å². The summed E-state index contributed by atoms with van der Waals surface area (Å²) in [6, 6.07) is 8.35. The Labute approximate surface area is 159 Å². The fraction of sp³-hybridized carbons (Fsp3) is 0.250. The molecule has 0 saturated carbocycles. The van der Waals surface area contributed by atoms with Gasteiger partial charge in [0.1, 0.15) is 10.7 Å². The molecular weight excluding hydrogens is 362 g/mol. The number of H-pyrrole nitrogens is 1. The topological polar surface area (TPSA) is 91.1 Å². The Bertz CT molecular complexity index is 1110. The number of fused-ring (bicyclic) bond motifs is 2. The van der Waals surface area contributed by atoms with Crippen molar-refractivity contribution >= 4 is 39.1 Å². The highest BCUT2D eigenvalue weighted by atomic mass is 32.1. The number of thiophene rings is 1. The molecule has 1 aliphatic carbocycles. The zero-order chi connectivity index (χ0) is 19.0. The van der Waals surface area contributed by atoms with E-state index >= 15 is 0 Å². The molecule has 0 saturated heterocycles. The average Bonchev–Trinajstić information content (AvgIpc) is 3.05. The molecule has 2 heterocycles. The van der Waals surface area contributed by atoms with E-state index in [0.29, 0.717) is 21.5 Å². The van der Waals surface area contributed by atoms with Gasteiger partial charge in [0.2, 0.25) is 0 Å². The molecule has 2 amide bonds. The summed E-state index contributed by atoms with van der Waals surface area (Å²) in [4.78, 5) is 41.6. The molecular formula is C20H19N3O3S. The van der Waals surface area contributed by atoms with Crippen molar-refractivity contribution in [2.75, 3.05) is 12.4 Å². The second-order valence-corrected chi connectivity index (χ2v) is 7.65. The number of carbonyl (C=O) groups excluding carboxylic acids is 2. The molecule has 27 heavy (non-hydrogen) atoms. The van der Waals surface area contributed by atoms with Crippen LogP contribution in [0.4, 0.5) is 5.00 Å². The highest BCUT2D eigenvalue weighted by Crippen LogP contribution is 2.38. The minimum Gasteiger partial charge on any atom is -0.355 e. The molecule has 4 rings (SSSR count). The predicted octanol–water partition coefficient (Wildman–Crippen LogP) is 3.08. The minimum absolute atomic E-state index is 0.174. The van der Waals surface area contributed by atoms with Gasteiger partial charge in [-0.25, -0.2) is 0 Å². The third kappa shape index (κ3) is 3.14. The van der Waals surface area contributed by atoms with Crippen LogP contribution in [0.5, 0.6) is 0 Å². The van der Waals surface area contributed by atoms with Crippen molar-refractivity contribution in [3.05, 3.63) is 62.3 Å². The highest BCUT2D eigenvalue weighted by Gasteiger charge is 2.26. The van der Waals surface area contributed by atoms with Crippen LogP contribution in [0, 0.1) is 0 Å². The van der Waals surface area contributed by atoms with Crippen LogP contribution in [-0.2, 0) is 12.8 Å². The number of hydrogen-bond donors (Lipinski definition) is 3. The molecule has 3 aromatic rings. The van der Waals surface area contributed by atoms with E-state index in [9.17, 15) is 14.4 Å². The van der Waals surface area contributed by atoms with Gasteiger partial charge in [0.05, 0.1) is 5.56 Å². The standard InChI is InChI=1S/C20H19N3O3S/c1-21-19(26)17-12-7-3-5-9-16(12)27-20(17)23-18(25)14-10-15(24)11-6-2-4-8-13(11)22-14/h2,4,6,8,10H,3,5,7,9H2,1H3,(H,21,26)(H,22,24)(H,23,25). The average molecular weight is 381 g/mol. The Balaban J connectivity index is 1.72. The van der Waals surface area contributed by atoms with Crippen LogP contribution < -0.4 is 16.1 Å².